The summed E-state index contributed by atoms with van der Waals surface area (Å²) in [7, 11) is 0. The van der Waals surface area contributed by atoms with E-state index in [1.807, 2.05) is 0 Å². The zero-order valence-corrected chi connectivity index (χ0v) is 11.4. The lowest BCUT2D eigenvalue weighted by Crippen LogP contribution is -2.13. The maximum absolute atomic E-state index is 11.9. The molecule has 0 unspecified atom stereocenters. The van der Waals surface area contributed by atoms with E-state index in [9.17, 15) is 9.59 Å². The number of hydrogen-bond acceptors (Lipinski definition) is 4. The Kier molecular flexibility index (Phi) is 4.21. The standard InChI is InChI=1S/C11H8Cl2N4O3/c12-7-1-8(13)10(14-3-7)16-11(20)6-2-15-17(4-6)5-9(18)19/h1-4H,5H2,(H,18,19)(H,14,16,20). The van der Waals surface area contributed by atoms with Gasteiger partial charge in [-0.25, -0.2) is 4.98 Å². The third kappa shape index (κ3) is 3.46. The SMILES string of the molecule is O=C(O)Cn1cc(C(=O)Nc2ncc(Cl)cc2Cl)cn1. The van der Waals surface area contributed by atoms with E-state index >= 15 is 0 Å². The van der Waals surface area contributed by atoms with Crippen LogP contribution in [-0.4, -0.2) is 31.7 Å². The van der Waals surface area contributed by atoms with Crippen molar-refractivity contribution in [3.8, 4) is 0 Å². The number of carbonyl (C=O) groups excluding carboxylic acids is 1. The molecule has 2 aromatic rings. The van der Waals surface area contributed by atoms with Gasteiger partial charge in [-0.05, 0) is 6.07 Å². The van der Waals surface area contributed by atoms with E-state index in [0.717, 1.165) is 4.68 Å². The van der Waals surface area contributed by atoms with E-state index in [0.29, 0.717) is 5.02 Å². The van der Waals surface area contributed by atoms with Crippen molar-refractivity contribution in [1.29, 1.82) is 0 Å². The normalized spacial score (nSPS) is 10.3. The summed E-state index contributed by atoms with van der Waals surface area (Å²) in [5.74, 6) is -1.40. The first kappa shape index (κ1) is 14.3. The molecule has 2 aromatic heterocycles. The summed E-state index contributed by atoms with van der Waals surface area (Å²) >= 11 is 11.6. The maximum Gasteiger partial charge on any atom is 0.325 e. The molecule has 0 atom stereocenters. The van der Waals surface area contributed by atoms with Crippen molar-refractivity contribution in [2.45, 2.75) is 6.54 Å². The van der Waals surface area contributed by atoms with Crippen LogP contribution in [0.4, 0.5) is 5.82 Å². The summed E-state index contributed by atoms with van der Waals surface area (Å²) in [5.41, 5.74) is 0.194. The highest BCUT2D eigenvalue weighted by atomic mass is 35.5. The van der Waals surface area contributed by atoms with Crippen LogP contribution in [0.1, 0.15) is 10.4 Å². The fourth-order valence-electron chi connectivity index (χ4n) is 1.39. The molecule has 0 saturated heterocycles. The molecule has 2 rings (SSSR count). The molecule has 104 valence electrons. The van der Waals surface area contributed by atoms with Crippen molar-refractivity contribution in [3.05, 3.63) is 40.3 Å². The van der Waals surface area contributed by atoms with Gasteiger partial charge in [-0.1, -0.05) is 23.2 Å². The smallest absolute Gasteiger partial charge is 0.325 e. The molecule has 0 aliphatic rings. The molecule has 1 amide bonds. The Morgan fingerprint density at radius 3 is 2.75 bits per heavy atom. The van der Waals surface area contributed by atoms with Crippen molar-refractivity contribution < 1.29 is 14.7 Å². The van der Waals surface area contributed by atoms with Crippen molar-refractivity contribution in [3.63, 3.8) is 0 Å². The third-order valence-electron chi connectivity index (χ3n) is 2.23. The van der Waals surface area contributed by atoms with Crippen LogP contribution in [0, 0.1) is 0 Å². The number of amides is 1. The van der Waals surface area contributed by atoms with Crippen LogP contribution in [0.2, 0.25) is 10.0 Å². The number of nitrogens with zero attached hydrogens (tertiary/aromatic N) is 3. The fourth-order valence-corrected chi connectivity index (χ4v) is 1.82. The highest BCUT2D eigenvalue weighted by molar-refractivity contribution is 6.36. The predicted octanol–water partition coefficient (Wildman–Crippen LogP) is 1.92. The second-order valence-electron chi connectivity index (χ2n) is 3.76. The maximum atomic E-state index is 11.9. The molecule has 0 fully saturated rings. The van der Waals surface area contributed by atoms with Gasteiger partial charge in [0.1, 0.15) is 6.54 Å². The molecular weight excluding hydrogens is 307 g/mol. The van der Waals surface area contributed by atoms with Crippen molar-refractivity contribution in [1.82, 2.24) is 14.8 Å². The highest BCUT2D eigenvalue weighted by Crippen LogP contribution is 2.22. The average Bonchev–Trinajstić information content (AvgIpc) is 2.80. The van der Waals surface area contributed by atoms with Gasteiger partial charge < -0.3 is 10.4 Å². The fraction of sp³-hybridized carbons (Fsp3) is 0.0909. The zero-order valence-electron chi connectivity index (χ0n) is 9.88. The zero-order chi connectivity index (χ0) is 14.7. The molecule has 0 saturated carbocycles. The van der Waals surface area contributed by atoms with Gasteiger partial charge in [-0.3, -0.25) is 14.3 Å². The first-order valence-corrected chi connectivity index (χ1v) is 6.08. The quantitative estimate of drug-likeness (QED) is 0.898. The van der Waals surface area contributed by atoms with Crippen LogP contribution < -0.4 is 5.32 Å². The Morgan fingerprint density at radius 1 is 1.35 bits per heavy atom. The Morgan fingerprint density at radius 2 is 2.10 bits per heavy atom. The molecule has 0 aliphatic heterocycles. The van der Waals surface area contributed by atoms with Gasteiger partial charge in [0.05, 0.1) is 21.8 Å². The summed E-state index contributed by atoms with van der Waals surface area (Å²) in [6.07, 6.45) is 3.91. The van der Waals surface area contributed by atoms with E-state index in [-0.39, 0.29) is 22.9 Å². The van der Waals surface area contributed by atoms with Crippen molar-refractivity contribution in [2.24, 2.45) is 0 Å². The lowest BCUT2D eigenvalue weighted by Gasteiger charge is -2.04. The molecule has 0 bridgehead atoms. The summed E-state index contributed by atoms with van der Waals surface area (Å²) < 4.78 is 1.13. The average molecular weight is 315 g/mol. The molecule has 2 N–H and O–H groups in total. The Balaban J connectivity index is 2.11. The van der Waals surface area contributed by atoms with Crippen LogP contribution in [0.15, 0.2) is 24.7 Å². The Hall–Kier alpha value is -2.12. The molecule has 20 heavy (non-hydrogen) atoms. The van der Waals surface area contributed by atoms with E-state index in [1.54, 1.807) is 0 Å². The van der Waals surface area contributed by atoms with Crippen molar-refractivity contribution >= 4 is 40.9 Å². The molecule has 2 heterocycles. The van der Waals surface area contributed by atoms with E-state index in [1.165, 1.54) is 24.7 Å². The monoisotopic (exact) mass is 314 g/mol. The molecule has 7 nitrogen and oxygen atoms in total. The highest BCUT2D eigenvalue weighted by Gasteiger charge is 2.12. The topological polar surface area (TPSA) is 97.1 Å². The Labute approximate surface area is 123 Å². The van der Waals surface area contributed by atoms with Gasteiger partial charge >= 0.3 is 5.97 Å². The number of hydrogen-bond donors (Lipinski definition) is 2. The summed E-state index contributed by atoms with van der Waals surface area (Å²) in [5, 5.41) is 15.4. The second kappa shape index (κ2) is 5.89. The lowest BCUT2D eigenvalue weighted by molar-refractivity contribution is -0.137. The first-order chi connectivity index (χ1) is 9.45. The van der Waals surface area contributed by atoms with Crippen LogP contribution in [0.25, 0.3) is 0 Å². The van der Waals surface area contributed by atoms with Crippen molar-refractivity contribution in [2.75, 3.05) is 5.32 Å². The minimum atomic E-state index is -1.05. The van der Waals surface area contributed by atoms with Gasteiger partial charge in [-0.15, -0.1) is 0 Å². The summed E-state index contributed by atoms with van der Waals surface area (Å²) in [6, 6.07) is 1.44. The number of aliphatic carboxylic acids is 1. The molecule has 0 aromatic carbocycles. The number of carbonyl (C=O) groups is 2. The third-order valence-corrected chi connectivity index (χ3v) is 2.73. The molecule has 9 heteroatoms. The summed E-state index contributed by atoms with van der Waals surface area (Å²) in [6.45, 7) is -0.326. The van der Waals surface area contributed by atoms with Crippen LogP contribution in [0.3, 0.4) is 0 Å². The van der Waals surface area contributed by atoms with Gasteiger partial charge in [0.15, 0.2) is 5.82 Å². The number of halogens is 2. The van der Waals surface area contributed by atoms with E-state index < -0.39 is 11.9 Å². The number of nitrogens with one attached hydrogen (secondary N) is 1. The van der Waals surface area contributed by atoms with Gasteiger partial charge in [0.25, 0.3) is 5.91 Å². The minimum absolute atomic E-state index is 0.159. The molecule has 0 aliphatic carbocycles. The molecular formula is C11H8Cl2N4O3. The van der Waals surface area contributed by atoms with Gasteiger partial charge in [0.2, 0.25) is 0 Å². The van der Waals surface area contributed by atoms with Crippen LogP contribution in [0.5, 0.6) is 0 Å². The molecule has 0 spiro atoms. The second-order valence-corrected chi connectivity index (χ2v) is 4.60. The van der Waals surface area contributed by atoms with Gasteiger partial charge in [0, 0.05) is 12.4 Å². The van der Waals surface area contributed by atoms with E-state index in [2.05, 4.69) is 15.4 Å². The van der Waals surface area contributed by atoms with Gasteiger partial charge in [-0.2, -0.15) is 5.10 Å². The number of carboxylic acid groups (broad SMARTS) is 1. The van der Waals surface area contributed by atoms with Crippen LogP contribution in [-0.2, 0) is 11.3 Å². The minimum Gasteiger partial charge on any atom is -0.480 e. The predicted molar refractivity (Wildman–Crippen MR) is 72.1 cm³/mol. The summed E-state index contributed by atoms with van der Waals surface area (Å²) in [4.78, 5) is 26.3. The number of carboxylic acids is 1. The largest absolute Gasteiger partial charge is 0.480 e. The Bertz CT molecular complexity index is 671. The number of pyridine rings is 1. The lowest BCUT2D eigenvalue weighted by atomic mass is 10.3. The van der Waals surface area contributed by atoms with E-state index in [4.69, 9.17) is 28.3 Å². The number of anilines is 1. The molecule has 0 radical (unpaired) electrons. The van der Waals surface area contributed by atoms with Crippen LogP contribution >= 0.6 is 23.2 Å². The first-order valence-electron chi connectivity index (χ1n) is 5.32. The number of rotatable bonds is 4. The number of aromatic nitrogens is 3.